The smallest absolute Gasteiger partial charge is 0.239 e. The molecule has 1 atom stereocenters. The van der Waals surface area contributed by atoms with E-state index >= 15 is 0 Å². The van der Waals surface area contributed by atoms with Crippen LogP contribution in [0.1, 0.15) is 11.1 Å². The zero-order valence-corrected chi connectivity index (χ0v) is 12.2. The number of likely N-dealkylation sites (N-methyl/N-ethyl adjacent to an activating group) is 1. The van der Waals surface area contributed by atoms with Crippen molar-refractivity contribution in [2.45, 2.75) is 19.4 Å². The van der Waals surface area contributed by atoms with Crippen LogP contribution < -0.4 is 15.2 Å². The van der Waals surface area contributed by atoms with Crippen molar-refractivity contribution in [2.24, 2.45) is 5.73 Å². The summed E-state index contributed by atoms with van der Waals surface area (Å²) < 4.78 is 10.5. The molecule has 19 heavy (non-hydrogen) atoms. The molecule has 0 saturated heterocycles. The van der Waals surface area contributed by atoms with Crippen LogP contribution in [0.3, 0.4) is 0 Å². The Morgan fingerprint density at radius 2 is 1.79 bits per heavy atom. The predicted molar refractivity (Wildman–Crippen MR) is 74.7 cm³/mol. The van der Waals surface area contributed by atoms with Gasteiger partial charge >= 0.3 is 0 Å². The zero-order chi connectivity index (χ0) is 14.6. The van der Waals surface area contributed by atoms with E-state index in [9.17, 15) is 4.79 Å². The van der Waals surface area contributed by atoms with Crippen molar-refractivity contribution in [1.29, 1.82) is 0 Å². The van der Waals surface area contributed by atoms with Gasteiger partial charge in [0, 0.05) is 14.1 Å². The summed E-state index contributed by atoms with van der Waals surface area (Å²) in [6.07, 6.45) is 0.475. The molecule has 0 radical (unpaired) electrons. The van der Waals surface area contributed by atoms with E-state index in [0.29, 0.717) is 17.9 Å². The van der Waals surface area contributed by atoms with Gasteiger partial charge in [0.25, 0.3) is 0 Å². The molecule has 2 N–H and O–H groups in total. The normalized spacial score (nSPS) is 11.9. The van der Waals surface area contributed by atoms with Crippen LogP contribution in [0.2, 0.25) is 0 Å². The van der Waals surface area contributed by atoms with Gasteiger partial charge in [-0.2, -0.15) is 0 Å². The van der Waals surface area contributed by atoms with E-state index in [1.54, 1.807) is 28.3 Å². The first kappa shape index (κ1) is 15.3. The number of hydrogen-bond acceptors (Lipinski definition) is 4. The lowest BCUT2D eigenvalue weighted by atomic mass is 10.00. The molecule has 5 nitrogen and oxygen atoms in total. The van der Waals surface area contributed by atoms with Gasteiger partial charge in [-0.15, -0.1) is 0 Å². The molecule has 0 fully saturated rings. The number of methoxy groups -OCH3 is 2. The van der Waals surface area contributed by atoms with Gasteiger partial charge in [0.2, 0.25) is 5.91 Å². The first-order valence-corrected chi connectivity index (χ1v) is 6.09. The zero-order valence-electron chi connectivity index (χ0n) is 12.2. The van der Waals surface area contributed by atoms with Gasteiger partial charge in [-0.25, -0.2) is 0 Å². The Balaban J connectivity index is 2.98. The number of ether oxygens (including phenoxy) is 2. The van der Waals surface area contributed by atoms with Crippen LogP contribution in [0.5, 0.6) is 11.5 Å². The number of amides is 1. The molecule has 0 heterocycles. The summed E-state index contributed by atoms with van der Waals surface area (Å²) in [4.78, 5) is 13.3. The SMILES string of the molecule is COc1cc(C)c(CC(N)C(=O)N(C)C)cc1OC. The fraction of sp³-hybridized carbons (Fsp3) is 0.500. The largest absolute Gasteiger partial charge is 0.493 e. The Morgan fingerprint density at radius 1 is 1.26 bits per heavy atom. The van der Waals surface area contributed by atoms with Crippen molar-refractivity contribution in [2.75, 3.05) is 28.3 Å². The second-order valence-corrected chi connectivity index (χ2v) is 4.68. The van der Waals surface area contributed by atoms with Crippen molar-refractivity contribution in [3.8, 4) is 11.5 Å². The van der Waals surface area contributed by atoms with Gasteiger partial charge in [0.15, 0.2) is 11.5 Å². The van der Waals surface area contributed by atoms with E-state index in [0.717, 1.165) is 11.1 Å². The number of rotatable bonds is 5. The van der Waals surface area contributed by atoms with Gasteiger partial charge in [0.1, 0.15) is 0 Å². The fourth-order valence-corrected chi connectivity index (χ4v) is 1.90. The maximum absolute atomic E-state index is 11.8. The second kappa shape index (κ2) is 6.43. The topological polar surface area (TPSA) is 64.8 Å². The molecule has 5 heteroatoms. The summed E-state index contributed by atoms with van der Waals surface area (Å²) in [6, 6.07) is 3.21. The van der Waals surface area contributed by atoms with Gasteiger partial charge in [0.05, 0.1) is 20.3 Å². The Labute approximate surface area is 114 Å². The molecule has 1 aromatic rings. The van der Waals surface area contributed by atoms with Crippen LogP contribution in [0, 0.1) is 6.92 Å². The Morgan fingerprint density at radius 3 is 2.26 bits per heavy atom. The van der Waals surface area contributed by atoms with Crippen LogP contribution in [-0.4, -0.2) is 45.2 Å². The maximum atomic E-state index is 11.8. The van der Waals surface area contributed by atoms with Crippen LogP contribution in [-0.2, 0) is 11.2 Å². The number of aryl methyl sites for hydroxylation is 1. The lowest BCUT2D eigenvalue weighted by molar-refractivity contribution is -0.130. The second-order valence-electron chi connectivity index (χ2n) is 4.68. The Kier molecular flexibility index (Phi) is 5.18. The number of benzene rings is 1. The van der Waals surface area contributed by atoms with E-state index in [4.69, 9.17) is 15.2 Å². The Hall–Kier alpha value is -1.75. The van der Waals surface area contributed by atoms with Crippen molar-refractivity contribution < 1.29 is 14.3 Å². The summed E-state index contributed by atoms with van der Waals surface area (Å²) >= 11 is 0. The fourth-order valence-electron chi connectivity index (χ4n) is 1.90. The number of carbonyl (C=O) groups is 1. The number of hydrogen-bond donors (Lipinski definition) is 1. The first-order chi connectivity index (χ1) is 8.90. The third-order valence-corrected chi connectivity index (χ3v) is 3.04. The standard InChI is InChI=1S/C14H22N2O3/c1-9-6-12(18-4)13(19-5)8-10(9)7-11(15)14(17)16(2)3/h6,8,11H,7,15H2,1-5H3. The van der Waals surface area contributed by atoms with Crippen molar-refractivity contribution in [1.82, 2.24) is 4.90 Å². The van der Waals surface area contributed by atoms with Crippen LogP contribution in [0.4, 0.5) is 0 Å². The van der Waals surface area contributed by atoms with E-state index in [1.807, 2.05) is 19.1 Å². The van der Waals surface area contributed by atoms with Crippen LogP contribution >= 0.6 is 0 Å². The summed E-state index contributed by atoms with van der Waals surface area (Å²) in [6.45, 7) is 1.96. The van der Waals surface area contributed by atoms with Gasteiger partial charge in [-0.1, -0.05) is 0 Å². The highest BCUT2D eigenvalue weighted by Crippen LogP contribution is 2.30. The number of carbonyl (C=O) groups excluding carboxylic acids is 1. The molecule has 0 aromatic heterocycles. The minimum atomic E-state index is -0.549. The van der Waals surface area contributed by atoms with Crippen LogP contribution in [0.25, 0.3) is 0 Å². The number of nitrogens with zero attached hydrogens (tertiary/aromatic N) is 1. The summed E-state index contributed by atoms with van der Waals surface area (Å²) in [5, 5.41) is 0. The highest BCUT2D eigenvalue weighted by atomic mass is 16.5. The molecule has 0 aliphatic heterocycles. The predicted octanol–water partition coefficient (Wildman–Crippen LogP) is 0.970. The highest BCUT2D eigenvalue weighted by Gasteiger charge is 2.18. The summed E-state index contributed by atoms with van der Waals surface area (Å²) in [7, 11) is 6.58. The molecule has 1 unspecified atom stereocenters. The van der Waals surface area contributed by atoms with E-state index in [-0.39, 0.29) is 5.91 Å². The van der Waals surface area contributed by atoms with Crippen molar-refractivity contribution in [3.63, 3.8) is 0 Å². The average molecular weight is 266 g/mol. The molecular formula is C14H22N2O3. The highest BCUT2D eigenvalue weighted by molar-refractivity contribution is 5.81. The van der Waals surface area contributed by atoms with Crippen molar-refractivity contribution >= 4 is 5.91 Å². The van der Waals surface area contributed by atoms with Crippen LogP contribution in [0.15, 0.2) is 12.1 Å². The van der Waals surface area contributed by atoms with E-state index < -0.39 is 6.04 Å². The molecule has 1 aromatic carbocycles. The third kappa shape index (κ3) is 3.61. The van der Waals surface area contributed by atoms with Gasteiger partial charge in [-0.3, -0.25) is 4.79 Å². The van der Waals surface area contributed by atoms with Gasteiger partial charge < -0.3 is 20.1 Å². The van der Waals surface area contributed by atoms with Gasteiger partial charge in [-0.05, 0) is 36.6 Å². The monoisotopic (exact) mass is 266 g/mol. The molecule has 0 bridgehead atoms. The average Bonchev–Trinajstić information content (AvgIpc) is 2.39. The molecule has 1 amide bonds. The molecule has 106 valence electrons. The molecular weight excluding hydrogens is 244 g/mol. The Bertz CT molecular complexity index is 458. The number of nitrogens with two attached hydrogens (primary N) is 1. The lowest BCUT2D eigenvalue weighted by Gasteiger charge is -2.18. The quantitative estimate of drug-likeness (QED) is 0.862. The minimum absolute atomic E-state index is 0.0887. The minimum Gasteiger partial charge on any atom is -0.493 e. The molecule has 1 rings (SSSR count). The molecule has 0 spiro atoms. The first-order valence-electron chi connectivity index (χ1n) is 6.09. The van der Waals surface area contributed by atoms with E-state index in [1.165, 1.54) is 4.90 Å². The third-order valence-electron chi connectivity index (χ3n) is 3.04. The van der Waals surface area contributed by atoms with Crippen molar-refractivity contribution in [3.05, 3.63) is 23.3 Å². The molecule has 0 aliphatic rings. The summed E-state index contributed by atoms with van der Waals surface area (Å²) in [5.41, 5.74) is 7.93. The molecule has 0 saturated carbocycles. The molecule has 0 aliphatic carbocycles. The maximum Gasteiger partial charge on any atom is 0.239 e. The lowest BCUT2D eigenvalue weighted by Crippen LogP contribution is -2.41. The summed E-state index contributed by atoms with van der Waals surface area (Å²) in [5.74, 6) is 1.23. The van der Waals surface area contributed by atoms with E-state index in [2.05, 4.69) is 0 Å².